The number of piperidine rings is 2. The standard InChI is InChI=1S/C21H37ClN2O3.C19H36N2O2/c1-2-27-15-16-7-8-18(13-16)23-11-9-17(10-12-23)24(21(26)14-22)19-5-3-4-6-20(19)25;1-2-23-14-15-7-8-17(13-15)21-11-9-16(10-12-21)20-18-5-3-4-6-19(18)22/h16-20,25H,2-15H2,1H3;15-20,22H,2-14H2,1H3/t16-,18+,19+,20+;15-,17+,18+,19+/m00/s1. The first kappa shape index (κ1) is 40.7. The van der Waals surface area contributed by atoms with E-state index in [0.717, 1.165) is 103 Å². The van der Waals surface area contributed by atoms with Crippen LogP contribution in [0, 0.1) is 11.8 Å². The number of nitrogens with one attached hydrogen (secondary N) is 1. The number of carbonyl (C=O) groups excluding carboxylic acids is 1. The van der Waals surface area contributed by atoms with Gasteiger partial charge < -0.3 is 39.7 Å². The number of hydrogen-bond donors (Lipinski definition) is 3. The molecule has 3 N–H and O–H groups in total. The van der Waals surface area contributed by atoms with Gasteiger partial charge in [-0.2, -0.15) is 0 Å². The van der Waals surface area contributed by atoms with Gasteiger partial charge in [-0.3, -0.25) is 4.79 Å². The molecule has 0 aromatic heterocycles. The largest absolute Gasteiger partial charge is 0.392 e. The molecule has 0 bridgehead atoms. The number of rotatable bonds is 13. The van der Waals surface area contributed by atoms with Gasteiger partial charge in [-0.05, 0) is 129 Å². The summed E-state index contributed by atoms with van der Waals surface area (Å²) >= 11 is 5.93. The summed E-state index contributed by atoms with van der Waals surface area (Å²) in [7, 11) is 0. The Hall–Kier alpha value is -0.520. The minimum Gasteiger partial charge on any atom is -0.392 e. The highest BCUT2D eigenvalue weighted by Crippen LogP contribution is 2.34. The fourth-order valence-corrected chi connectivity index (χ4v) is 10.5. The van der Waals surface area contributed by atoms with Gasteiger partial charge in [-0.15, -0.1) is 11.6 Å². The smallest absolute Gasteiger partial charge is 0.238 e. The lowest BCUT2D eigenvalue weighted by atomic mass is 9.88. The molecule has 9 nitrogen and oxygen atoms in total. The van der Waals surface area contributed by atoms with Crippen LogP contribution in [0.5, 0.6) is 0 Å². The van der Waals surface area contributed by atoms with Gasteiger partial charge in [-0.1, -0.05) is 25.7 Å². The molecule has 290 valence electrons. The molecule has 2 heterocycles. The Kier molecular flexibility index (Phi) is 17.4. The molecular weight excluding hydrogens is 652 g/mol. The predicted molar refractivity (Wildman–Crippen MR) is 202 cm³/mol. The maximum absolute atomic E-state index is 12.6. The van der Waals surface area contributed by atoms with E-state index >= 15 is 0 Å². The van der Waals surface area contributed by atoms with E-state index in [4.69, 9.17) is 21.1 Å². The maximum Gasteiger partial charge on any atom is 0.238 e. The predicted octanol–water partition coefficient (Wildman–Crippen LogP) is 5.58. The van der Waals surface area contributed by atoms with Crippen molar-refractivity contribution in [1.82, 2.24) is 20.0 Å². The van der Waals surface area contributed by atoms with Gasteiger partial charge in [0.25, 0.3) is 0 Å². The zero-order valence-electron chi connectivity index (χ0n) is 31.7. The second-order valence-electron chi connectivity index (χ2n) is 16.5. The molecule has 2 aliphatic heterocycles. The highest BCUT2D eigenvalue weighted by atomic mass is 35.5. The highest BCUT2D eigenvalue weighted by Gasteiger charge is 2.39. The summed E-state index contributed by atoms with van der Waals surface area (Å²) in [6.07, 6.45) is 20.3. The summed E-state index contributed by atoms with van der Waals surface area (Å²) in [4.78, 5) is 19.9. The van der Waals surface area contributed by atoms with Gasteiger partial charge in [-0.25, -0.2) is 0 Å². The van der Waals surface area contributed by atoms with Crippen LogP contribution in [0.1, 0.15) is 129 Å². The molecule has 1 amide bonds. The number of ether oxygens (including phenoxy) is 2. The average Bonchev–Trinajstić information content (AvgIpc) is 3.83. The second kappa shape index (κ2) is 21.4. The molecule has 2 saturated heterocycles. The van der Waals surface area contributed by atoms with Crippen molar-refractivity contribution in [3.63, 3.8) is 0 Å². The average molecular weight is 725 g/mol. The normalized spacial score (nSPS) is 35.1. The summed E-state index contributed by atoms with van der Waals surface area (Å²) in [6, 6.07) is 2.62. The molecule has 0 radical (unpaired) electrons. The molecule has 6 fully saturated rings. The van der Waals surface area contributed by atoms with Gasteiger partial charge in [0, 0.05) is 69.7 Å². The van der Waals surface area contributed by atoms with Crippen molar-refractivity contribution in [1.29, 1.82) is 0 Å². The number of alkyl halides is 1. The molecule has 10 heteroatoms. The molecule has 0 aromatic carbocycles. The van der Waals surface area contributed by atoms with Crippen LogP contribution in [0.4, 0.5) is 0 Å². The van der Waals surface area contributed by atoms with Crippen molar-refractivity contribution in [2.45, 2.75) is 178 Å². The van der Waals surface area contributed by atoms with Crippen LogP contribution in [0.15, 0.2) is 0 Å². The Balaban J connectivity index is 0.000000197. The maximum atomic E-state index is 12.6. The van der Waals surface area contributed by atoms with Crippen molar-refractivity contribution >= 4 is 17.5 Å². The molecule has 0 unspecified atom stereocenters. The number of hydrogen-bond acceptors (Lipinski definition) is 8. The van der Waals surface area contributed by atoms with E-state index in [1.165, 1.54) is 77.3 Å². The summed E-state index contributed by atoms with van der Waals surface area (Å²) in [5.74, 6) is 1.51. The Labute approximate surface area is 309 Å². The van der Waals surface area contributed by atoms with E-state index in [1.54, 1.807) is 0 Å². The molecule has 8 atom stereocenters. The van der Waals surface area contributed by atoms with Crippen LogP contribution < -0.4 is 5.32 Å². The van der Waals surface area contributed by atoms with Crippen molar-refractivity contribution in [2.75, 3.05) is 58.5 Å². The fourth-order valence-electron chi connectivity index (χ4n) is 10.3. The number of amides is 1. The number of halogens is 1. The van der Waals surface area contributed by atoms with Crippen LogP contribution in [0.3, 0.4) is 0 Å². The van der Waals surface area contributed by atoms with Crippen molar-refractivity contribution in [3.05, 3.63) is 0 Å². The highest BCUT2D eigenvalue weighted by molar-refractivity contribution is 6.27. The number of aliphatic hydroxyl groups is 2. The Morgan fingerprint density at radius 3 is 1.74 bits per heavy atom. The van der Waals surface area contributed by atoms with Crippen molar-refractivity contribution in [3.8, 4) is 0 Å². The molecule has 4 aliphatic carbocycles. The van der Waals surface area contributed by atoms with Gasteiger partial charge in [0.1, 0.15) is 5.88 Å². The molecule has 4 saturated carbocycles. The molecular formula is C40H73ClN4O5. The van der Waals surface area contributed by atoms with E-state index in [0.29, 0.717) is 24.0 Å². The van der Waals surface area contributed by atoms with Crippen LogP contribution in [0.25, 0.3) is 0 Å². The van der Waals surface area contributed by atoms with Crippen LogP contribution in [-0.2, 0) is 14.3 Å². The van der Waals surface area contributed by atoms with Crippen LogP contribution in [-0.4, -0.2) is 138 Å². The summed E-state index contributed by atoms with van der Waals surface area (Å²) in [6.45, 7) is 12.2. The first-order chi connectivity index (χ1) is 24.4. The van der Waals surface area contributed by atoms with Crippen LogP contribution in [0.2, 0.25) is 0 Å². The van der Waals surface area contributed by atoms with Crippen molar-refractivity contribution in [2.24, 2.45) is 11.8 Å². The van der Waals surface area contributed by atoms with Gasteiger partial charge in [0.2, 0.25) is 5.91 Å². The number of carbonyl (C=O) groups is 1. The Bertz CT molecular complexity index is 964. The lowest BCUT2D eigenvalue weighted by Crippen LogP contribution is -2.57. The van der Waals surface area contributed by atoms with E-state index in [-0.39, 0.29) is 30.0 Å². The quantitative estimate of drug-likeness (QED) is 0.212. The van der Waals surface area contributed by atoms with E-state index in [2.05, 4.69) is 29.0 Å². The molecule has 0 spiro atoms. The van der Waals surface area contributed by atoms with Crippen molar-refractivity contribution < 1.29 is 24.5 Å². The first-order valence-corrected chi connectivity index (χ1v) is 21.6. The third-order valence-electron chi connectivity index (χ3n) is 13.2. The van der Waals surface area contributed by atoms with E-state index in [9.17, 15) is 15.0 Å². The second-order valence-corrected chi connectivity index (χ2v) is 16.8. The van der Waals surface area contributed by atoms with Gasteiger partial charge in [0.15, 0.2) is 0 Å². The minimum atomic E-state index is -0.391. The first-order valence-electron chi connectivity index (χ1n) is 21.0. The zero-order valence-corrected chi connectivity index (χ0v) is 32.5. The Morgan fingerprint density at radius 1 is 0.700 bits per heavy atom. The van der Waals surface area contributed by atoms with E-state index < -0.39 is 6.10 Å². The number of nitrogens with zero attached hydrogens (tertiary/aromatic N) is 3. The van der Waals surface area contributed by atoms with Gasteiger partial charge in [0.05, 0.1) is 18.2 Å². The zero-order chi connectivity index (χ0) is 35.3. The molecule has 50 heavy (non-hydrogen) atoms. The SMILES string of the molecule is CCOC[C@H]1CC[C@@H](N2CCC(N(C(=O)CCl)[C@@H]3CCCC[C@H]3O)CC2)C1.CCOC[C@H]1CC[C@@H](N2CCC(N[C@@H]3CCCC[C@H]3O)CC2)C1. The molecule has 6 aliphatic rings. The fraction of sp³-hybridized carbons (Fsp3) is 0.975. The lowest BCUT2D eigenvalue weighted by Gasteiger charge is -2.46. The third kappa shape index (κ3) is 11.7. The summed E-state index contributed by atoms with van der Waals surface area (Å²) in [5.41, 5.74) is 0. The summed E-state index contributed by atoms with van der Waals surface area (Å²) < 4.78 is 11.2. The topological polar surface area (TPSA) is 97.7 Å². The Morgan fingerprint density at radius 2 is 1.22 bits per heavy atom. The lowest BCUT2D eigenvalue weighted by molar-refractivity contribution is -0.139. The van der Waals surface area contributed by atoms with Gasteiger partial charge >= 0.3 is 0 Å². The summed E-state index contributed by atoms with van der Waals surface area (Å²) in [5, 5.41) is 24.4. The monoisotopic (exact) mass is 725 g/mol. The van der Waals surface area contributed by atoms with E-state index in [1.807, 2.05) is 4.90 Å². The number of aliphatic hydroxyl groups excluding tert-OH is 2. The number of likely N-dealkylation sites (tertiary alicyclic amines) is 2. The third-order valence-corrected chi connectivity index (χ3v) is 13.5. The van der Waals surface area contributed by atoms with Crippen LogP contribution >= 0.6 is 11.6 Å². The minimum absolute atomic E-state index is 0.00119. The molecule has 0 aromatic rings. The molecule has 6 rings (SSSR count).